The van der Waals surface area contributed by atoms with E-state index in [1.165, 1.54) is 29.9 Å². The molecule has 0 spiro atoms. The number of amides is 4. The van der Waals surface area contributed by atoms with Gasteiger partial charge in [-0.05, 0) is 161 Å². The van der Waals surface area contributed by atoms with Gasteiger partial charge in [0.1, 0.15) is 65.1 Å². The standard InChI is InChI=1S/C95H139FN6O27S/c1-62-17-13-12-14-18-63(2)80(115-9)58-74-24-20-68(7)95(112,129-74)90(107)92(109)102-33-16-15-19-76(102)93(110)127-81(59-77(103)64(3)54-67(6)88(106)89(117-11)87(105)66(5)53-62)65(4)55-70-21-26-79(82(56-70)116-10)128-94(111)99-31-36-119-39-41-121-43-45-123-47-49-125-51-50-124-48-46-122-44-42-120-40-38-118-35-30-85(104)98-32-52-130(113,114)83-28-25-75(69(8)86(83)96)91(108)101-34-37-126-78-27-22-71(57-73(78)61-101)72-23-29-84(97)100-60-72/h12-14,17-18,22-23,25,27-29,54,57,60,62,64-66,68,70,74,76,79-82,88-89,106,112H,15-16,19-21,24,26,30-53,55-56,58-59,61H2,1-11H3,(H2,97,100)(H,98,104)(H,99,111)/b14-12?,17-13+,63-18?,67-54+/t62-,64-,65-,66-,68-,70+,74+,76+,79-,80+,81+,82-,88-,89+,95-/m1/s1. The first-order valence-corrected chi connectivity index (χ1v) is 47.1. The Balaban J connectivity index is 0.645. The van der Waals surface area contributed by atoms with Gasteiger partial charge in [0, 0.05) is 107 Å². The first kappa shape index (κ1) is 107. The number of piperidine rings is 1. The number of cyclic esters (lactones) is 1. The summed E-state index contributed by atoms with van der Waals surface area (Å²) in [6, 6.07) is 10.3. The fourth-order valence-corrected chi connectivity index (χ4v) is 17.9. The number of aliphatic hydroxyl groups is 2. The molecule has 6 N–H and O–H groups in total. The summed E-state index contributed by atoms with van der Waals surface area (Å²) in [6.07, 6.45) is 10.7. The van der Waals surface area contributed by atoms with Gasteiger partial charge in [-0.2, -0.15) is 0 Å². The first-order valence-electron chi connectivity index (χ1n) is 45.5. The Morgan fingerprint density at radius 2 is 1.35 bits per heavy atom. The number of sulfone groups is 1. The number of methoxy groups -OCH3 is 3. The number of benzene rings is 2. The number of aliphatic hydroxyl groups excluding tert-OH is 1. The monoisotopic (exact) mass is 1850 g/mol. The van der Waals surface area contributed by atoms with Gasteiger partial charge in [-0.3, -0.25) is 28.8 Å². The zero-order chi connectivity index (χ0) is 94.3. The van der Waals surface area contributed by atoms with Crippen LogP contribution >= 0.6 is 0 Å². The number of aromatic nitrogens is 1. The molecule has 5 heterocycles. The molecular formula is C95H139FN6O27S. The van der Waals surface area contributed by atoms with Crippen LogP contribution in [0.1, 0.15) is 153 Å². The number of Topliss-reactive ketones (excluding diaryl/α,β-unsaturated/α-hetero) is 3. The van der Waals surface area contributed by atoms with E-state index >= 15 is 4.39 Å². The lowest BCUT2D eigenvalue weighted by atomic mass is 9.78. The summed E-state index contributed by atoms with van der Waals surface area (Å²) in [5.41, 5.74) is 9.26. The molecule has 0 unspecified atom stereocenters. The summed E-state index contributed by atoms with van der Waals surface area (Å²) < 4.78 is 129. The van der Waals surface area contributed by atoms with Crippen molar-refractivity contribution >= 4 is 62.8 Å². The molecule has 5 aliphatic rings. The third kappa shape index (κ3) is 33.4. The topological polar surface area (TPSA) is 419 Å². The van der Waals surface area contributed by atoms with E-state index in [2.05, 4.69) is 15.6 Å². The van der Waals surface area contributed by atoms with Crippen LogP contribution in [0.15, 0.2) is 101 Å². The largest absolute Gasteiger partial charge is 0.491 e. The van der Waals surface area contributed by atoms with E-state index in [1.807, 2.05) is 75.4 Å². The van der Waals surface area contributed by atoms with Crippen molar-refractivity contribution in [1.82, 2.24) is 25.4 Å². The number of fused-ring (bicyclic) bond motifs is 4. The maximum Gasteiger partial charge on any atom is 0.407 e. The number of anilines is 1. The Hall–Kier alpha value is -8.37. The van der Waals surface area contributed by atoms with Gasteiger partial charge in [0.25, 0.3) is 17.6 Å². The normalized spacial score (nSPS) is 26.0. The lowest BCUT2D eigenvalue weighted by Crippen LogP contribution is -2.61. The molecule has 1 saturated carbocycles. The Labute approximate surface area is 764 Å². The van der Waals surface area contributed by atoms with Crippen LogP contribution in [-0.2, 0) is 111 Å². The maximum absolute atomic E-state index is 15.8. The van der Waals surface area contributed by atoms with Crippen LogP contribution in [0.4, 0.5) is 15.0 Å². The molecule has 4 aliphatic heterocycles. The van der Waals surface area contributed by atoms with Gasteiger partial charge in [0.05, 0.1) is 136 Å². The number of hydrogen-bond acceptors (Lipinski definition) is 29. The van der Waals surface area contributed by atoms with Crippen molar-refractivity contribution in [3.05, 3.63) is 119 Å². The van der Waals surface area contributed by atoms with Crippen molar-refractivity contribution in [2.24, 2.45) is 35.5 Å². The van der Waals surface area contributed by atoms with E-state index in [0.29, 0.717) is 148 Å². The molecule has 35 heteroatoms. The lowest BCUT2D eigenvalue weighted by molar-refractivity contribution is -0.265. The third-order valence-corrected chi connectivity index (χ3v) is 26.1. The van der Waals surface area contributed by atoms with Gasteiger partial charge in [0.2, 0.25) is 11.7 Å². The highest BCUT2D eigenvalue weighted by Crippen LogP contribution is 2.40. The fraction of sp³-hybridized carbons (Fsp3) is 0.653. The Morgan fingerprint density at radius 1 is 0.700 bits per heavy atom. The molecule has 2 saturated heterocycles. The first-order chi connectivity index (χ1) is 62.4. The summed E-state index contributed by atoms with van der Waals surface area (Å²) >= 11 is 0. The number of pyridine rings is 1. The maximum atomic E-state index is 15.8. The number of nitrogens with two attached hydrogens (primary N) is 1. The highest BCUT2D eigenvalue weighted by molar-refractivity contribution is 7.91. The van der Waals surface area contributed by atoms with Gasteiger partial charge in [-0.15, -0.1) is 0 Å². The van der Waals surface area contributed by atoms with Crippen LogP contribution in [0.25, 0.3) is 11.1 Å². The number of carbonyl (C=O) groups excluding carboxylic acids is 8. The van der Waals surface area contributed by atoms with E-state index < -0.39 is 140 Å². The molecule has 1 aromatic heterocycles. The highest BCUT2D eigenvalue weighted by atomic mass is 32.2. The predicted molar refractivity (Wildman–Crippen MR) is 479 cm³/mol. The lowest BCUT2D eigenvalue weighted by Gasteiger charge is -2.42. The van der Waals surface area contributed by atoms with E-state index in [1.54, 1.807) is 60.3 Å². The average Bonchev–Trinajstić information content (AvgIpc) is 1.28. The van der Waals surface area contributed by atoms with Crippen LogP contribution in [0.2, 0.25) is 0 Å². The summed E-state index contributed by atoms with van der Waals surface area (Å²) in [6.45, 7) is 19.2. The van der Waals surface area contributed by atoms with Crippen LogP contribution in [0, 0.1) is 48.2 Å². The van der Waals surface area contributed by atoms with Crippen LogP contribution in [0.5, 0.6) is 5.75 Å². The van der Waals surface area contributed by atoms with E-state index in [9.17, 15) is 57.0 Å². The number of allylic oxidation sites excluding steroid dienone is 6. The Kier molecular flexibility index (Phi) is 45.5. The van der Waals surface area contributed by atoms with Crippen molar-refractivity contribution in [3.8, 4) is 16.9 Å². The molecule has 8 rings (SSSR count). The van der Waals surface area contributed by atoms with Crippen molar-refractivity contribution < 1.29 is 132 Å². The number of carbonyl (C=O) groups is 8. The smallest absolute Gasteiger partial charge is 0.407 e. The molecule has 724 valence electrons. The highest BCUT2D eigenvalue weighted by Gasteiger charge is 2.53. The van der Waals surface area contributed by atoms with Gasteiger partial charge >= 0.3 is 12.1 Å². The molecule has 2 aromatic carbocycles. The quantitative estimate of drug-likeness (QED) is 0.0153. The number of alkyl carbamates (subject to hydrolysis) is 1. The van der Waals surface area contributed by atoms with Crippen molar-refractivity contribution in [2.45, 2.75) is 205 Å². The SMILES string of the molecule is CO[C@H]1C[C@@H]2CC[C@@H](C)[C@@](O)(O2)C(=O)C(=O)N2CCCC[C@H]2C(=O)O[C@H]([C@H](C)C[C@@H]2CC[C@@H](OC(=O)NCCOCCOCCOCCOCCOCCOCCOCCOCCC(=O)NCCS(=O)(=O)c3ccc(C(=O)N4CCOc5ccc(-c6ccc(N)nc6)cc5C4)c(C)c3F)[C@H](OC)C2)CC(=O)[C@H](C)/C=C(\C)[C@@H](O)[C@@H](OC)C(=O)[C@H](C)C[C@H](C)/C=C/C=CC=C1C. The van der Waals surface area contributed by atoms with Crippen molar-refractivity contribution in [2.75, 3.05) is 171 Å². The van der Waals surface area contributed by atoms with Crippen molar-refractivity contribution in [1.29, 1.82) is 0 Å². The summed E-state index contributed by atoms with van der Waals surface area (Å²) in [5.74, 6) is -10.3. The van der Waals surface area contributed by atoms with Crippen LogP contribution < -0.4 is 21.1 Å². The number of rotatable bonds is 40. The molecule has 4 amide bonds. The predicted octanol–water partition coefficient (Wildman–Crippen LogP) is 9.15. The second-order valence-corrected chi connectivity index (χ2v) is 36.2. The molecule has 130 heavy (non-hydrogen) atoms. The second-order valence-electron chi connectivity index (χ2n) is 34.1. The number of hydrogen-bond donors (Lipinski definition) is 5. The van der Waals surface area contributed by atoms with E-state index in [-0.39, 0.29) is 133 Å². The summed E-state index contributed by atoms with van der Waals surface area (Å²) in [4.78, 5) is 118. The van der Waals surface area contributed by atoms with Gasteiger partial charge in [-0.1, -0.05) is 77.1 Å². The molecular weight excluding hydrogens is 1710 g/mol. The van der Waals surface area contributed by atoms with Gasteiger partial charge < -0.3 is 107 Å². The summed E-state index contributed by atoms with van der Waals surface area (Å²) in [5, 5.41) is 29.0. The Morgan fingerprint density at radius 3 is 1.98 bits per heavy atom. The minimum Gasteiger partial charge on any atom is -0.491 e. The van der Waals surface area contributed by atoms with Crippen LogP contribution in [0.3, 0.4) is 0 Å². The van der Waals surface area contributed by atoms with E-state index in [0.717, 1.165) is 28.3 Å². The zero-order valence-corrected chi connectivity index (χ0v) is 78.2. The number of nitrogens with zero attached hydrogens (tertiary/aromatic N) is 3. The number of halogens is 1. The number of nitrogens with one attached hydrogen (secondary N) is 2. The molecule has 1 aliphatic carbocycles. The zero-order valence-electron chi connectivity index (χ0n) is 77.4. The minimum absolute atomic E-state index is 0.0205. The molecule has 3 fully saturated rings. The molecule has 2 bridgehead atoms. The summed E-state index contributed by atoms with van der Waals surface area (Å²) in [7, 11) is 0.274. The number of ether oxygens (including phenoxy) is 15. The Bertz CT molecular complexity index is 4360. The second kappa shape index (κ2) is 55.3. The molecule has 15 atom stereocenters. The number of nitrogen functional groups attached to an aromatic ring is 1. The molecule has 0 radical (unpaired) electrons. The van der Waals surface area contributed by atoms with Gasteiger partial charge in [-0.25, -0.2) is 27.4 Å². The average molecular weight is 1850 g/mol. The fourth-order valence-electron chi connectivity index (χ4n) is 16.6. The van der Waals surface area contributed by atoms with Gasteiger partial charge in [0.15, 0.2) is 15.6 Å². The molecule has 33 nitrogen and oxygen atoms in total. The van der Waals surface area contributed by atoms with Crippen LogP contribution in [-0.4, -0.2) is 301 Å². The molecule has 3 aromatic rings. The minimum atomic E-state index is -4.19. The number of esters is 1. The third-order valence-electron chi connectivity index (χ3n) is 24.4. The van der Waals surface area contributed by atoms with E-state index in [4.69, 9.17) is 76.8 Å². The van der Waals surface area contributed by atoms with Crippen molar-refractivity contribution in [3.63, 3.8) is 0 Å². The number of ketones is 3.